The molecule has 6 aromatic carbocycles. The Kier molecular flexibility index (Phi) is 15.5. The quantitative estimate of drug-likeness (QED) is 0.116. The highest BCUT2D eigenvalue weighted by molar-refractivity contribution is 5.84. The third kappa shape index (κ3) is 12.2. The third-order valence-electron chi connectivity index (χ3n) is 8.18. The molecule has 0 heterocycles. The second kappa shape index (κ2) is 20.9. The number of aryl methyl sites for hydroxylation is 2. The average Bonchev–Trinajstić information content (AvgIpc) is 3.20. The van der Waals surface area contributed by atoms with Crippen LogP contribution in [-0.4, -0.2) is 6.21 Å². The Bertz CT molecular complexity index is 2050. The minimum Gasteiger partial charge on any atom is -0.404 e. The molecular weight excluding hydrogens is 635 g/mol. The van der Waals surface area contributed by atoms with Gasteiger partial charge in [-0.25, -0.2) is 0 Å². The van der Waals surface area contributed by atoms with E-state index in [9.17, 15) is 0 Å². The molecule has 1 aliphatic rings. The third-order valence-corrected chi connectivity index (χ3v) is 8.18. The second-order valence-corrected chi connectivity index (χ2v) is 12.1. The van der Waals surface area contributed by atoms with Crippen molar-refractivity contribution in [1.29, 1.82) is 5.41 Å². The van der Waals surface area contributed by atoms with Crippen molar-refractivity contribution >= 4 is 17.6 Å². The van der Waals surface area contributed by atoms with E-state index >= 15 is 0 Å². The fourth-order valence-corrected chi connectivity index (χ4v) is 5.28. The van der Waals surface area contributed by atoms with E-state index in [1.165, 1.54) is 34.0 Å². The van der Waals surface area contributed by atoms with Gasteiger partial charge in [0, 0.05) is 35.8 Å². The topological polar surface area (TPSA) is 114 Å². The van der Waals surface area contributed by atoms with E-state index in [1.807, 2.05) is 91.0 Å². The van der Waals surface area contributed by atoms with Crippen LogP contribution >= 0.6 is 0 Å². The van der Waals surface area contributed by atoms with E-state index in [2.05, 4.69) is 104 Å². The molecule has 0 fully saturated rings. The summed E-state index contributed by atoms with van der Waals surface area (Å²) in [7, 11) is 0. The van der Waals surface area contributed by atoms with Crippen LogP contribution in [0, 0.1) is 19.3 Å². The predicted molar refractivity (Wildman–Crippen MR) is 223 cm³/mol. The number of benzene rings is 6. The molecule has 0 saturated carbocycles. The van der Waals surface area contributed by atoms with Gasteiger partial charge in [-0.2, -0.15) is 0 Å². The van der Waals surface area contributed by atoms with E-state index in [0.29, 0.717) is 12.2 Å². The Morgan fingerprint density at radius 1 is 0.654 bits per heavy atom. The number of hydrogen-bond donors (Lipinski definition) is 5. The summed E-state index contributed by atoms with van der Waals surface area (Å²) in [6, 6.07) is 55.1. The predicted octanol–water partition coefficient (Wildman–Crippen LogP) is 10.2. The lowest BCUT2D eigenvalue weighted by Crippen LogP contribution is -2.14. The molecule has 0 saturated heterocycles. The molecule has 0 bridgehead atoms. The Labute approximate surface area is 309 Å². The number of allylic oxidation sites excluding steroid dienone is 2. The van der Waals surface area contributed by atoms with Crippen LogP contribution in [0.25, 0.3) is 16.8 Å². The summed E-state index contributed by atoms with van der Waals surface area (Å²) in [5, 5.41) is 10.4. The average molecular weight is 684 g/mol. The molecule has 6 aromatic rings. The van der Waals surface area contributed by atoms with Crippen LogP contribution in [0.3, 0.4) is 0 Å². The molecule has 0 radical (unpaired) electrons. The van der Waals surface area contributed by atoms with E-state index in [0.717, 1.165) is 40.1 Å². The summed E-state index contributed by atoms with van der Waals surface area (Å²) in [5.74, 6) is 0. The van der Waals surface area contributed by atoms with E-state index in [1.54, 1.807) is 6.20 Å². The smallest absolute Gasteiger partial charge is 0.0701 e. The van der Waals surface area contributed by atoms with E-state index < -0.39 is 0 Å². The lowest BCUT2D eigenvalue weighted by atomic mass is 9.95. The van der Waals surface area contributed by atoms with Crippen LogP contribution < -0.4 is 22.5 Å². The van der Waals surface area contributed by atoms with Crippen LogP contribution in [0.2, 0.25) is 0 Å². The van der Waals surface area contributed by atoms with Crippen molar-refractivity contribution in [2.24, 2.45) is 17.2 Å². The van der Waals surface area contributed by atoms with Gasteiger partial charge in [0.1, 0.15) is 0 Å². The Morgan fingerprint density at radius 2 is 1.25 bits per heavy atom. The van der Waals surface area contributed by atoms with Gasteiger partial charge in [-0.3, -0.25) is 0 Å². The molecule has 0 spiro atoms. The molecule has 7 rings (SSSR count). The maximum absolute atomic E-state index is 6.82. The fourth-order valence-electron chi connectivity index (χ4n) is 5.28. The van der Waals surface area contributed by atoms with Gasteiger partial charge in [-0.15, -0.1) is 0 Å². The van der Waals surface area contributed by atoms with Gasteiger partial charge in [0.05, 0.1) is 11.4 Å². The molecule has 0 amide bonds. The van der Waals surface area contributed by atoms with Crippen molar-refractivity contribution in [1.82, 2.24) is 0 Å². The largest absolute Gasteiger partial charge is 0.404 e. The van der Waals surface area contributed by atoms with Crippen molar-refractivity contribution in [2.45, 2.75) is 26.8 Å². The maximum Gasteiger partial charge on any atom is 0.0701 e. The van der Waals surface area contributed by atoms with Crippen LogP contribution in [0.1, 0.15) is 33.4 Å². The van der Waals surface area contributed by atoms with Crippen LogP contribution in [-0.2, 0) is 13.0 Å². The lowest BCUT2D eigenvalue weighted by molar-refractivity contribution is 1.07. The molecular formula is C47H49N5. The molecule has 5 heteroatoms. The summed E-state index contributed by atoms with van der Waals surface area (Å²) >= 11 is 0. The zero-order valence-electron chi connectivity index (χ0n) is 30.0. The molecule has 0 unspecified atom stereocenters. The number of rotatable bonds is 5. The highest BCUT2D eigenvalue weighted by Gasteiger charge is 2.15. The fraction of sp³-hybridized carbons (Fsp3) is 0.0851. The van der Waals surface area contributed by atoms with Crippen molar-refractivity contribution in [3.8, 4) is 11.1 Å². The van der Waals surface area contributed by atoms with Crippen LogP contribution in [0.5, 0.6) is 0 Å². The molecule has 8 N–H and O–H groups in total. The van der Waals surface area contributed by atoms with Crippen molar-refractivity contribution in [2.75, 3.05) is 5.32 Å². The minimum absolute atomic E-state index is 0.636. The Balaban J connectivity index is 0.000000210. The van der Waals surface area contributed by atoms with Gasteiger partial charge in [-0.1, -0.05) is 175 Å². The number of hydrogen-bond acceptors (Lipinski definition) is 5. The summed E-state index contributed by atoms with van der Waals surface area (Å²) in [6.07, 6.45) is 7.80. The number of anilines is 1. The molecule has 1 aliphatic carbocycles. The normalized spacial score (nSPS) is 14.2. The number of nitrogens with two attached hydrogens (primary N) is 3. The standard InChI is InChI=1S/C26H25N3.C7H9N.C7H7N.C7H8/c1-18-12-14-19(15-13-18)21-8-5-10-23(16-21)29-26-24-11-3-2-6-20(24)7-4-9-22(17-27)25(26)28;2*8-6-7-4-2-1-3-5-7;1-7-5-3-2-4-6-7/h2-6,8-17,29H,7,27-28H2,1H3;1-5H,6,8H2;1-6,8H;2-6H,1H3/b9-4-,22-17+,26-25-;;;. The molecule has 0 atom stereocenters. The van der Waals surface area contributed by atoms with Crippen molar-refractivity contribution < 1.29 is 0 Å². The molecule has 52 heavy (non-hydrogen) atoms. The molecule has 0 aliphatic heterocycles. The summed E-state index contributed by atoms with van der Waals surface area (Å²) in [4.78, 5) is 0. The van der Waals surface area contributed by atoms with Gasteiger partial charge in [-0.05, 0) is 60.2 Å². The summed E-state index contributed by atoms with van der Waals surface area (Å²) < 4.78 is 0. The zero-order chi connectivity index (χ0) is 37.0. The minimum atomic E-state index is 0.636. The monoisotopic (exact) mass is 683 g/mol. The Morgan fingerprint density at radius 3 is 1.81 bits per heavy atom. The zero-order valence-corrected chi connectivity index (χ0v) is 30.0. The van der Waals surface area contributed by atoms with Crippen LogP contribution in [0.4, 0.5) is 5.69 Å². The van der Waals surface area contributed by atoms with Gasteiger partial charge in [0.2, 0.25) is 0 Å². The van der Waals surface area contributed by atoms with Gasteiger partial charge in [0.25, 0.3) is 0 Å². The van der Waals surface area contributed by atoms with Crippen LogP contribution in [0.15, 0.2) is 193 Å². The molecule has 262 valence electrons. The maximum atomic E-state index is 6.82. The summed E-state index contributed by atoms with van der Waals surface area (Å²) in [6.45, 7) is 4.82. The second-order valence-electron chi connectivity index (χ2n) is 12.1. The molecule has 5 nitrogen and oxygen atoms in total. The number of fused-ring (bicyclic) bond motifs is 1. The first-order valence-electron chi connectivity index (χ1n) is 17.3. The highest BCUT2D eigenvalue weighted by atomic mass is 14.9. The summed E-state index contributed by atoms with van der Waals surface area (Å²) in [5.41, 5.74) is 30.4. The van der Waals surface area contributed by atoms with E-state index in [-0.39, 0.29) is 0 Å². The molecule has 0 aromatic heterocycles. The first-order chi connectivity index (χ1) is 25.4. The Hall–Kier alpha value is -6.43. The van der Waals surface area contributed by atoms with Gasteiger partial charge in [0.15, 0.2) is 0 Å². The highest BCUT2D eigenvalue weighted by Crippen LogP contribution is 2.30. The van der Waals surface area contributed by atoms with Gasteiger partial charge < -0.3 is 27.9 Å². The van der Waals surface area contributed by atoms with E-state index in [4.69, 9.17) is 22.6 Å². The number of nitrogens with one attached hydrogen (secondary N) is 2. The first-order valence-corrected chi connectivity index (χ1v) is 17.3. The van der Waals surface area contributed by atoms with Crippen molar-refractivity contribution in [3.63, 3.8) is 0 Å². The van der Waals surface area contributed by atoms with Gasteiger partial charge >= 0.3 is 0 Å². The first kappa shape index (κ1) is 38.4. The lowest BCUT2D eigenvalue weighted by Gasteiger charge is -2.20. The van der Waals surface area contributed by atoms with Crippen molar-refractivity contribution in [3.05, 3.63) is 227 Å². The SMILES string of the molecule is Cc1ccc(-c2cccc(N/C3=C(N)/C(=C/N)/C=C\Cc4ccccc43)c2)cc1.Cc1ccccc1.N=Cc1ccccc1.NCc1ccccc1.